The number of rotatable bonds is 8. The van der Waals surface area contributed by atoms with E-state index < -0.39 is 18.1 Å². The normalized spacial score (nSPS) is 15.1. The van der Waals surface area contributed by atoms with Gasteiger partial charge in [0.2, 0.25) is 0 Å². The van der Waals surface area contributed by atoms with E-state index in [1.54, 1.807) is 0 Å². The van der Waals surface area contributed by atoms with E-state index >= 15 is 0 Å². The van der Waals surface area contributed by atoms with Crippen molar-refractivity contribution in [3.63, 3.8) is 0 Å². The number of ether oxygens (including phenoxy) is 1. The molecule has 0 aliphatic rings. The van der Waals surface area contributed by atoms with Crippen LogP contribution < -0.4 is 5.73 Å². The van der Waals surface area contributed by atoms with Crippen LogP contribution in [0.15, 0.2) is 0 Å². The first kappa shape index (κ1) is 13.7. The highest BCUT2D eigenvalue weighted by molar-refractivity contribution is 7.99. The summed E-state index contributed by atoms with van der Waals surface area (Å²) in [5.41, 5.74) is 5.27. The minimum Gasteiger partial charge on any atom is -0.480 e. The Kier molecular flexibility index (Phi) is 7.87. The van der Waals surface area contributed by atoms with Gasteiger partial charge in [-0.3, -0.25) is 4.79 Å². The van der Waals surface area contributed by atoms with Gasteiger partial charge in [0, 0.05) is 18.1 Å². The highest BCUT2D eigenvalue weighted by Crippen LogP contribution is 2.05. The molecule has 0 rings (SSSR count). The minimum absolute atomic E-state index is 0.284. The molecule has 0 aromatic carbocycles. The molecule has 2 atom stereocenters. The molecule has 0 aliphatic heterocycles. The minimum atomic E-state index is -1.02. The topological polar surface area (TPSA) is 92.8 Å². The van der Waals surface area contributed by atoms with Crippen LogP contribution in [0.2, 0.25) is 0 Å². The number of aliphatic carboxylic acids is 1. The highest BCUT2D eigenvalue weighted by atomic mass is 32.2. The fraction of sp³-hybridized carbons (Fsp3) is 0.875. The predicted octanol–water partition coefficient (Wildman–Crippen LogP) is -0.471. The van der Waals surface area contributed by atoms with Crippen LogP contribution in [-0.2, 0) is 9.53 Å². The van der Waals surface area contributed by atoms with Crippen LogP contribution in [-0.4, -0.2) is 53.0 Å². The molecule has 5 nitrogen and oxygen atoms in total. The first-order valence-corrected chi connectivity index (χ1v) is 5.55. The van der Waals surface area contributed by atoms with E-state index in [0.29, 0.717) is 18.1 Å². The maximum atomic E-state index is 10.3. The highest BCUT2D eigenvalue weighted by Gasteiger charge is 2.12. The van der Waals surface area contributed by atoms with E-state index in [0.717, 1.165) is 0 Å². The van der Waals surface area contributed by atoms with Gasteiger partial charge in [0.25, 0.3) is 0 Å². The van der Waals surface area contributed by atoms with Gasteiger partial charge >= 0.3 is 5.97 Å². The number of aliphatic hydroxyl groups is 1. The van der Waals surface area contributed by atoms with E-state index in [1.165, 1.54) is 11.8 Å². The number of aliphatic hydroxyl groups excluding tert-OH is 1. The number of carboxylic acids is 1. The monoisotopic (exact) mass is 223 g/mol. The molecule has 4 N–H and O–H groups in total. The molecular weight excluding hydrogens is 206 g/mol. The molecule has 0 aromatic rings. The Morgan fingerprint density at radius 2 is 2.21 bits per heavy atom. The summed E-state index contributed by atoms with van der Waals surface area (Å²) in [6.07, 6.45) is -0.555. The van der Waals surface area contributed by atoms with Crippen LogP contribution in [0.3, 0.4) is 0 Å². The maximum absolute atomic E-state index is 10.3. The second-order valence-corrected chi connectivity index (χ2v) is 3.87. The first-order valence-electron chi connectivity index (χ1n) is 4.39. The third kappa shape index (κ3) is 7.14. The molecule has 2 unspecified atom stereocenters. The summed E-state index contributed by atoms with van der Waals surface area (Å²) < 4.78 is 4.99. The summed E-state index contributed by atoms with van der Waals surface area (Å²) in [5.74, 6) is -0.267. The number of carbonyl (C=O) groups is 1. The zero-order valence-electron chi connectivity index (χ0n) is 8.18. The third-order valence-electron chi connectivity index (χ3n) is 1.44. The second-order valence-electron chi connectivity index (χ2n) is 2.80. The smallest absolute Gasteiger partial charge is 0.321 e. The van der Waals surface area contributed by atoms with Crippen LogP contribution in [0.1, 0.15) is 6.92 Å². The average molecular weight is 223 g/mol. The lowest BCUT2D eigenvalue weighted by atomic mass is 10.4. The molecule has 0 amide bonds. The first-order chi connectivity index (χ1) is 6.57. The van der Waals surface area contributed by atoms with E-state index in [-0.39, 0.29) is 6.61 Å². The van der Waals surface area contributed by atoms with E-state index in [2.05, 4.69) is 0 Å². The van der Waals surface area contributed by atoms with Crippen molar-refractivity contribution in [2.75, 3.05) is 24.7 Å². The molecule has 0 aromatic heterocycles. The lowest BCUT2D eigenvalue weighted by Crippen LogP contribution is -2.33. The number of thioether (sulfide) groups is 1. The van der Waals surface area contributed by atoms with Crippen LogP contribution in [0.5, 0.6) is 0 Å². The third-order valence-corrected chi connectivity index (χ3v) is 2.65. The van der Waals surface area contributed by atoms with E-state index in [4.69, 9.17) is 15.6 Å². The van der Waals surface area contributed by atoms with Gasteiger partial charge in [-0.15, -0.1) is 0 Å². The van der Waals surface area contributed by atoms with Gasteiger partial charge in [-0.1, -0.05) is 0 Å². The number of hydrogen-bond donors (Lipinski definition) is 3. The van der Waals surface area contributed by atoms with Crippen LogP contribution in [0.25, 0.3) is 0 Å². The molecule has 0 heterocycles. The maximum Gasteiger partial charge on any atom is 0.321 e. The average Bonchev–Trinajstić information content (AvgIpc) is 2.14. The fourth-order valence-electron chi connectivity index (χ4n) is 0.704. The molecule has 0 saturated heterocycles. The van der Waals surface area contributed by atoms with Crippen molar-refractivity contribution < 1.29 is 19.7 Å². The lowest BCUT2D eigenvalue weighted by Gasteiger charge is -2.11. The summed E-state index contributed by atoms with van der Waals surface area (Å²) >= 11 is 1.31. The zero-order valence-corrected chi connectivity index (χ0v) is 9.00. The van der Waals surface area contributed by atoms with Crippen molar-refractivity contribution in [3.05, 3.63) is 0 Å². The van der Waals surface area contributed by atoms with Gasteiger partial charge in [0.05, 0.1) is 12.7 Å². The molecule has 0 saturated carbocycles. The summed E-state index contributed by atoms with van der Waals surface area (Å²) in [6.45, 7) is 2.70. The fourth-order valence-corrected chi connectivity index (χ4v) is 1.61. The standard InChI is InChI=1S/C8H17NO4S/c1-2-13-3-6(10)4-14-5-7(9)8(11)12/h6-7,10H,2-5,9H2,1H3,(H,11,12). The molecule has 0 radical (unpaired) electrons. The molecule has 0 bridgehead atoms. The Morgan fingerprint density at radius 1 is 1.57 bits per heavy atom. The Bertz CT molecular complexity index is 167. The van der Waals surface area contributed by atoms with Gasteiger partial charge in [-0.25, -0.2) is 0 Å². The Morgan fingerprint density at radius 3 is 2.71 bits per heavy atom. The molecule has 14 heavy (non-hydrogen) atoms. The quantitative estimate of drug-likeness (QED) is 0.515. The van der Waals surface area contributed by atoms with Gasteiger partial charge in [0.15, 0.2) is 0 Å². The van der Waals surface area contributed by atoms with Gasteiger partial charge in [0.1, 0.15) is 6.04 Å². The van der Waals surface area contributed by atoms with Crippen LogP contribution in [0, 0.1) is 0 Å². The molecule has 0 fully saturated rings. The lowest BCUT2D eigenvalue weighted by molar-refractivity contribution is -0.137. The number of carboxylic acid groups (broad SMARTS) is 1. The largest absolute Gasteiger partial charge is 0.480 e. The summed E-state index contributed by atoms with van der Waals surface area (Å²) in [5, 5.41) is 17.8. The van der Waals surface area contributed by atoms with Crippen molar-refractivity contribution in [3.8, 4) is 0 Å². The molecule has 0 spiro atoms. The van der Waals surface area contributed by atoms with Gasteiger partial charge in [-0.2, -0.15) is 11.8 Å². The van der Waals surface area contributed by atoms with Crippen molar-refractivity contribution >= 4 is 17.7 Å². The van der Waals surface area contributed by atoms with Crippen molar-refractivity contribution in [1.82, 2.24) is 0 Å². The molecule has 0 aliphatic carbocycles. The Hall–Kier alpha value is -0.300. The Balaban J connectivity index is 3.39. The number of nitrogens with two attached hydrogens (primary N) is 1. The summed E-state index contributed by atoms with van der Waals surface area (Å²) in [7, 11) is 0. The Labute approximate surface area is 87.6 Å². The van der Waals surface area contributed by atoms with Gasteiger partial charge < -0.3 is 20.7 Å². The van der Waals surface area contributed by atoms with Crippen LogP contribution >= 0.6 is 11.8 Å². The van der Waals surface area contributed by atoms with E-state index in [9.17, 15) is 9.90 Å². The molecule has 84 valence electrons. The van der Waals surface area contributed by atoms with Crippen molar-refractivity contribution in [1.29, 1.82) is 0 Å². The summed E-state index contributed by atoms with van der Waals surface area (Å²) in [4.78, 5) is 10.3. The predicted molar refractivity (Wildman–Crippen MR) is 55.4 cm³/mol. The van der Waals surface area contributed by atoms with Crippen molar-refractivity contribution in [2.45, 2.75) is 19.1 Å². The number of hydrogen-bond acceptors (Lipinski definition) is 5. The second kappa shape index (κ2) is 8.05. The SMILES string of the molecule is CCOCC(O)CSCC(N)C(=O)O. The summed E-state index contributed by atoms with van der Waals surface area (Å²) in [6, 6.07) is -0.862. The van der Waals surface area contributed by atoms with Crippen LogP contribution in [0.4, 0.5) is 0 Å². The molecular formula is C8H17NO4S. The van der Waals surface area contributed by atoms with Gasteiger partial charge in [-0.05, 0) is 6.92 Å². The zero-order chi connectivity index (χ0) is 11.0. The van der Waals surface area contributed by atoms with Crippen molar-refractivity contribution in [2.24, 2.45) is 5.73 Å². The van der Waals surface area contributed by atoms with E-state index in [1.807, 2.05) is 6.92 Å². The molecule has 6 heteroatoms.